The lowest BCUT2D eigenvalue weighted by Gasteiger charge is -2.30. The van der Waals surface area contributed by atoms with Crippen molar-refractivity contribution in [3.8, 4) is 0 Å². The van der Waals surface area contributed by atoms with Gasteiger partial charge >= 0.3 is 0 Å². The summed E-state index contributed by atoms with van der Waals surface area (Å²) >= 11 is 5.01. The highest BCUT2D eigenvalue weighted by Gasteiger charge is 2.49. The van der Waals surface area contributed by atoms with E-state index in [2.05, 4.69) is 20.9 Å². The third kappa shape index (κ3) is 1.29. The van der Waals surface area contributed by atoms with Crippen LogP contribution in [0.3, 0.4) is 0 Å². The first-order chi connectivity index (χ1) is 8.12. The van der Waals surface area contributed by atoms with Crippen LogP contribution in [0.15, 0.2) is 29.3 Å². The van der Waals surface area contributed by atoms with Crippen molar-refractivity contribution in [2.45, 2.75) is 5.66 Å². The van der Waals surface area contributed by atoms with E-state index in [9.17, 15) is 4.79 Å². The number of nitrogens with one attached hydrogen (secondary N) is 3. The highest BCUT2D eigenvalue weighted by molar-refractivity contribution is 7.80. The molecule has 1 atom stereocenters. The zero-order chi connectivity index (χ0) is 12.0. The van der Waals surface area contributed by atoms with Crippen LogP contribution in [0.25, 0.3) is 0 Å². The molecule has 7 heteroatoms. The first-order valence-corrected chi connectivity index (χ1v) is 5.38. The number of hydrogen-bond donors (Lipinski definition) is 4. The number of amides is 1. The van der Waals surface area contributed by atoms with E-state index in [1.54, 1.807) is 6.07 Å². The number of carbonyl (C=O) groups excluding carboxylic acids is 1. The normalized spacial score (nSPS) is 25.8. The molecule has 0 fully saturated rings. The molecule has 2 aliphatic heterocycles. The standard InChI is InChI=1S/C10H9N5OS/c11-8-13-9(17)15-10(14-8)5-3-1-2-4-6(5)12-7(10)16/h1-4H,(H,12,16)(H4,11,13,14,15,17)/t10-/m0/s1. The molecule has 0 unspecified atom stereocenters. The Morgan fingerprint density at radius 1 is 1.29 bits per heavy atom. The zero-order valence-electron chi connectivity index (χ0n) is 8.65. The number of rotatable bonds is 0. The Hall–Kier alpha value is -2.15. The van der Waals surface area contributed by atoms with Gasteiger partial charge in [0.1, 0.15) is 0 Å². The monoisotopic (exact) mass is 247 g/mol. The number of thiocarbonyl (C=S) groups is 1. The molecule has 1 aromatic carbocycles. The van der Waals surface area contributed by atoms with Crippen molar-refractivity contribution in [1.82, 2.24) is 10.6 Å². The van der Waals surface area contributed by atoms with E-state index in [-0.39, 0.29) is 17.0 Å². The van der Waals surface area contributed by atoms with Crippen molar-refractivity contribution in [2.75, 3.05) is 5.32 Å². The van der Waals surface area contributed by atoms with Crippen molar-refractivity contribution in [3.05, 3.63) is 29.8 Å². The predicted molar refractivity (Wildman–Crippen MR) is 67.2 cm³/mol. The molecule has 1 aromatic rings. The second kappa shape index (κ2) is 3.17. The van der Waals surface area contributed by atoms with Gasteiger partial charge in [0.15, 0.2) is 11.1 Å². The summed E-state index contributed by atoms with van der Waals surface area (Å²) in [5, 5.41) is 8.55. The number of anilines is 1. The molecule has 0 bridgehead atoms. The van der Waals surface area contributed by atoms with Crippen molar-refractivity contribution in [1.29, 1.82) is 0 Å². The lowest BCUT2D eigenvalue weighted by Crippen LogP contribution is -2.60. The van der Waals surface area contributed by atoms with Crippen LogP contribution >= 0.6 is 12.2 Å². The lowest BCUT2D eigenvalue weighted by molar-refractivity contribution is -0.121. The van der Waals surface area contributed by atoms with Crippen LogP contribution in [0.2, 0.25) is 0 Å². The number of nitrogens with zero attached hydrogens (tertiary/aromatic N) is 1. The number of guanidine groups is 1. The quantitative estimate of drug-likeness (QED) is 0.468. The number of carbonyl (C=O) groups is 1. The minimum atomic E-state index is -1.23. The number of benzene rings is 1. The molecular formula is C10H9N5OS. The summed E-state index contributed by atoms with van der Waals surface area (Å²) in [5.74, 6) is -0.161. The lowest BCUT2D eigenvalue weighted by atomic mass is 10.0. The first-order valence-electron chi connectivity index (χ1n) is 4.97. The molecule has 6 nitrogen and oxygen atoms in total. The fourth-order valence-electron chi connectivity index (χ4n) is 2.03. The second-order valence-electron chi connectivity index (χ2n) is 3.79. The average molecular weight is 247 g/mol. The minimum Gasteiger partial charge on any atom is -0.370 e. The molecule has 17 heavy (non-hydrogen) atoms. The molecule has 0 aliphatic carbocycles. The van der Waals surface area contributed by atoms with Gasteiger partial charge in [-0.15, -0.1) is 0 Å². The summed E-state index contributed by atoms with van der Waals surface area (Å²) in [6, 6.07) is 7.29. The van der Waals surface area contributed by atoms with Crippen LogP contribution in [0, 0.1) is 0 Å². The number of aliphatic imine (C=N–C) groups is 1. The Morgan fingerprint density at radius 2 is 2.06 bits per heavy atom. The molecule has 86 valence electrons. The number of fused-ring (bicyclic) bond motifs is 2. The summed E-state index contributed by atoms with van der Waals surface area (Å²) in [4.78, 5) is 16.2. The Labute approximate surface area is 102 Å². The topological polar surface area (TPSA) is 91.5 Å². The molecule has 2 aliphatic rings. The van der Waals surface area contributed by atoms with Crippen molar-refractivity contribution in [3.63, 3.8) is 0 Å². The van der Waals surface area contributed by atoms with Crippen LogP contribution < -0.4 is 21.7 Å². The molecular weight excluding hydrogens is 238 g/mol. The van der Waals surface area contributed by atoms with Crippen molar-refractivity contribution >= 4 is 34.9 Å². The van der Waals surface area contributed by atoms with Crippen LogP contribution in [0.4, 0.5) is 5.69 Å². The van der Waals surface area contributed by atoms with E-state index in [1.807, 2.05) is 18.2 Å². The smallest absolute Gasteiger partial charge is 0.278 e. The van der Waals surface area contributed by atoms with Crippen molar-refractivity contribution < 1.29 is 4.79 Å². The second-order valence-corrected chi connectivity index (χ2v) is 4.19. The highest BCUT2D eigenvalue weighted by atomic mass is 32.1. The van der Waals surface area contributed by atoms with Gasteiger partial charge in [0.25, 0.3) is 5.91 Å². The number of para-hydroxylation sites is 1. The highest BCUT2D eigenvalue weighted by Crippen LogP contribution is 2.37. The number of hydrogen-bond acceptors (Lipinski definition) is 4. The van der Waals surface area contributed by atoms with Gasteiger partial charge in [-0.05, 0) is 18.3 Å². The van der Waals surface area contributed by atoms with Gasteiger partial charge in [-0.2, -0.15) is 0 Å². The van der Waals surface area contributed by atoms with Gasteiger partial charge in [-0.25, -0.2) is 4.99 Å². The fourth-order valence-corrected chi connectivity index (χ4v) is 2.28. The minimum absolute atomic E-state index is 0.126. The maximum atomic E-state index is 12.1. The summed E-state index contributed by atoms with van der Waals surface area (Å²) in [7, 11) is 0. The van der Waals surface area contributed by atoms with E-state index in [1.165, 1.54) is 0 Å². The van der Waals surface area contributed by atoms with Crippen LogP contribution in [0.1, 0.15) is 5.56 Å². The average Bonchev–Trinajstić information content (AvgIpc) is 2.51. The molecule has 1 amide bonds. The van der Waals surface area contributed by atoms with Gasteiger partial charge < -0.3 is 21.7 Å². The van der Waals surface area contributed by atoms with E-state index in [4.69, 9.17) is 18.0 Å². The predicted octanol–water partition coefficient (Wildman–Crippen LogP) is -0.416. The molecule has 0 aromatic heterocycles. The molecule has 3 rings (SSSR count). The largest absolute Gasteiger partial charge is 0.370 e. The van der Waals surface area contributed by atoms with Gasteiger partial charge in [0.2, 0.25) is 5.66 Å². The molecule has 1 spiro atoms. The molecule has 0 radical (unpaired) electrons. The molecule has 2 heterocycles. The van der Waals surface area contributed by atoms with E-state index >= 15 is 0 Å². The third-order valence-electron chi connectivity index (χ3n) is 2.72. The maximum absolute atomic E-state index is 12.1. The summed E-state index contributed by atoms with van der Waals surface area (Å²) in [6.45, 7) is 0. The summed E-state index contributed by atoms with van der Waals surface area (Å²) in [5.41, 5.74) is 5.83. The van der Waals surface area contributed by atoms with Crippen LogP contribution in [0.5, 0.6) is 0 Å². The molecule has 0 saturated carbocycles. The van der Waals surface area contributed by atoms with Gasteiger partial charge in [0.05, 0.1) is 0 Å². The first kappa shape index (κ1) is 10.0. The molecule has 0 saturated heterocycles. The maximum Gasteiger partial charge on any atom is 0.278 e. The van der Waals surface area contributed by atoms with E-state index in [0.29, 0.717) is 5.69 Å². The third-order valence-corrected chi connectivity index (χ3v) is 2.92. The van der Waals surface area contributed by atoms with Crippen LogP contribution in [-0.2, 0) is 10.5 Å². The van der Waals surface area contributed by atoms with Gasteiger partial charge in [-0.1, -0.05) is 18.2 Å². The van der Waals surface area contributed by atoms with Gasteiger partial charge in [0, 0.05) is 11.3 Å². The Morgan fingerprint density at radius 3 is 2.82 bits per heavy atom. The van der Waals surface area contributed by atoms with E-state index in [0.717, 1.165) is 5.56 Å². The Kier molecular flexibility index (Phi) is 1.87. The van der Waals surface area contributed by atoms with Crippen molar-refractivity contribution in [2.24, 2.45) is 10.7 Å². The molecule has 5 N–H and O–H groups in total. The van der Waals surface area contributed by atoms with Gasteiger partial charge in [-0.3, -0.25) is 4.79 Å². The summed E-state index contributed by atoms with van der Waals surface area (Å²) in [6.07, 6.45) is 0. The number of nitrogens with two attached hydrogens (primary N) is 1. The summed E-state index contributed by atoms with van der Waals surface area (Å²) < 4.78 is 0. The van der Waals surface area contributed by atoms with E-state index < -0.39 is 5.66 Å². The Bertz CT molecular complexity index is 570. The van der Waals surface area contributed by atoms with Crippen LogP contribution in [-0.4, -0.2) is 17.0 Å². The SMILES string of the molecule is NC1=N[C@@]2(NC(=S)N1)C(=O)Nc1ccccc12. The Balaban J connectivity index is 2.23. The fraction of sp³-hybridized carbons (Fsp3) is 0.100. The zero-order valence-corrected chi connectivity index (χ0v) is 9.47.